The summed E-state index contributed by atoms with van der Waals surface area (Å²) in [6.07, 6.45) is 1.59. The highest BCUT2D eigenvalue weighted by atomic mass is 32.2. The minimum absolute atomic E-state index is 0.100. The van der Waals surface area contributed by atoms with E-state index < -0.39 is 16.2 Å². The summed E-state index contributed by atoms with van der Waals surface area (Å²) in [5, 5.41) is 6.33. The van der Waals surface area contributed by atoms with Gasteiger partial charge in [-0.3, -0.25) is 5.41 Å². The van der Waals surface area contributed by atoms with Gasteiger partial charge in [-0.15, -0.1) is 10.9 Å². The van der Waals surface area contributed by atoms with Crippen molar-refractivity contribution in [2.24, 2.45) is 5.73 Å². The van der Waals surface area contributed by atoms with Crippen molar-refractivity contribution in [2.45, 2.75) is 0 Å². The minimum Gasteiger partial charge on any atom is -0.462 e. The quantitative estimate of drug-likeness (QED) is 0.201. The number of ether oxygens (including phenoxy) is 1. The molecular formula is C4H10N2O2S. The Kier molecular flexibility index (Phi) is 3.08. The lowest BCUT2D eigenvalue weighted by Crippen LogP contribution is -2.15. The second kappa shape index (κ2) is 3.34. The van der Waals surface area contributed by atoms with Crippen LogP contribution in [0.4, 0.5) is 4.79 Å². The maximum atomic E-state index is 10.5. The van der Waals surface area contributed by atoms with E-state index in [1.165, 1.54) is 7.11 Å². The number of hydrogen-bond donors (Lipinski definition) is 3. The third-order valence-corrected chi connectivity index (χ3v) is 2.26. The molecule has 0 aliphatic rings. The summed E-state index contributed by atoms with van der Waals surface area (Å²) in [7, 11) is 0.0810. The van der Waals surface area contributed by atoms with Crippen LogP contribution in [0.15, 0.2) is 0 Å². The molecule has 0 aromatic heterocycles. The molecule has 5 heteroatoms. The van der Waals surface area contributed by atoms with Crippen LogP contribution in [0.3, 0.4) is 0 Å². The molecule has 0 spiro atoms. The molecule has 0 rings (SSSR count). The van der Waals surface area contributed by atoms with Crippen LogP contribution in [0.25, 0.3) is 0 Å². The molecule has 0 aliphatic carbocycles. The second-order valence-electron chi connectivity index (χ2n) is 1.41. The van der Waals surface area contributed by atoms with Crippen LogP contribution in [-0.4, -0.2) is 23.8 Å². The van der Waals surface area contributed by atoms with Crippen LogP contribution in [0.2, 0.25) is 0 Å². The van der Waals surface area contributed by atoms with E-state index in [0.717, 1.165) is 0 Å². The predicted molar refractivity (Wildman–Crippen MR) is 39.2 cm³/mol. The van der Waals surface area contributed by atoms with E-state index in [9.17, 15) is 4.79 Å². The molecule has 0 amide bonds. The number of amidine groups is 1. The van der Waals surface area contributed by atoms with Crippen LogP contribution in [0, 0.1) is 5.41 Å². The number of hydrogen-bond acceptors (Lipinski definition) is 3. The van der Waals surface area contributed by atoms with Crippen LogP contribution >= 0.6 is 10.9 Å². The average molecular weight is 150 g/mol. The smallest absolute Gasteiger partial charge is 0.353 e. The molecule has 1 unspecified atom stereocenters. The number of methoxy groups -OCH3 is 1. The average Bonchev–Trinajstić information content (AvgIpc) is 1.84. The zero-order chi connectivity index (χ0) is 7.44. The summed E-state index contributed by atoms with van der Waals surface area (Å²) < 4.78 is 4.34. The van der Waals surface area contributed by atoms with E-state index in [-0.39, 0.29) is 5.17 Å². The molecule has 0 aromatic rings. The molecule has 0 radical (unpaired) electrons. The summed E-state index contributed by atoms with van der Waals surface area (Å²) in [6, 6.07) is 0. The minimum atomic E-state index is -1.20. The van der Waals surface area contributed by atoms with E-state index in [1.54, 1.807) is 6.26 Å². The lowest BCUT2D eigenvalue weighted by atomic mass is 11.4. The van der Waals surface area contributed by atoms with Crippen molar-refractivity contribution in [2.75, 3.05) is 13.4 Å². The number of thiol groups is 1. The van der Waals surface area contributed by atoms with Gasteiger partial charge < -0.3 is 10.5 Å². The maximum absolute atomic E-state index is 10.5. The summed E-state index contributed by atoms with van der Waals surface area (Å²) in [4.78, 5) is 10.5. The standard InChI is InChI=1S/C4H10N2O2S/c1-8-4(7)9(2)3(5)6/h9H,1-2H3,(H3,5,6). The highest BCUT2D eigenvalue weighted by Crippen LogP contribution is 2.20. The molecule has 4 nitrogen and oxygen atoms in total. The van der Waals surface area contributed by atoms with Gasteiger partial charge in [-0.05, 0) is 6.26 Å². The van der Waals surface area contributed by atoms with Gasteiger partial charge in [0, 0.05) is 0 Å². The first-order valence-corrected chi connectivity index (χ1v) is 4.04. The molecule has 0 saturated heterocycles. The van der Waals surface area contributed by atoms with Gasteiger partial charge in [0.15, 0.2) is 0 Å². The van der Waals surface area contributed by atoms with Gasteiger partial charge in [0.2, 0.25) is 0 Å². The number of carbonyl (C=O) groups is 1. The Bertz CT molecular complexity index is 137. The molecule has 0 aromatic carbocycles. The monoisotopic (exact) mass is 150 g/mol. The molecule has 0 heterocycles. The van der Waals surface area contributed by atoms with Crippen LogP contribution in [0.5, 0.6) is 0 Å². The molecule has 9 heavy (non-hydrogen) atoms. The number of carbonyl (C=O) groups excluding carboxylic acids is 1. The van der Waals surface area contributed by atoms with E-state index in [1.807, 2.05) is 0 Å². The third kappa shape index (κ3) is 2.36. The van der Waals surface area contributed by atoms with Crippen LogP contribution in [-0.2, 0) is 4.74 Å². The van der Waals surface area contributed by atoms with Gasteiger partial charge in [0.05, 0.1) is 7.11 Å². The fourth-order valence-corrected chi connectivity index (χ4v) is 0.706. The summed E-state index contributed by atoms with van der Waals surface area (Å²) in [5.74, 6) is 0. The third-order valence-electron chi connectivity index (χ3n) is 0.810. The summed E-state index contributed by atoms with van der Waals surface area (Å²) in [5.41, 5.74) is 5.02. The fraction of sp³-hybridized carbons (Fsp3) is 0.500. The zero-order valence-corrected chi connectivity index (χ0v) is 6.24. The van der Waals surface area contributed by atoms with Gasteiger partial charge in [0.25, 0.3) is 0 Å². The predicted octanol–water partition coefficient (Wildman–Crippen LogP) is 0.277. The lowest BCUT2D eigenvalue weighted by molar-refractivity contribution is 0.200. The first-order chi connectivity index (χ1) is 4.09. The maximum Gasteiger partial charge on any atom is 0.353 e. The Morgan fingerprint density at radius 2 is 2.22 bits per heavy atom. The Morgan fingerprint density at radius 1 is 1.78 bits per heavy atom. The molecular weight excluding hydrogens is 140 g/mol. The molecule has 0 saturated carbocycles. The van der Waals surface area contributed by atoms with Gasteiger partial charge in [-0.25, -0.2) is 4.79 Å². The van der Waals surface area contributed by atoms with E-state index >= 15 is 0 Å². The summed E-state index contributed by atoms with van der Waals surface area (Å²) >= 11 is 0. The van der Waals surface area contributed by atoms with Crippen molar-refractivity contribution in [3.63, 3.8) is 0 Å². The van der Waals surface area contributed by atoms with Crippen molar-refractivity contribution < 1.29 is 9.53 Å². The van der Waals surface area contributed by atoms with Gasteiger partial charge in [-0.1, -0.05) is 0 Å². The lowest BCUT2D eigenvalue weighted by Gasteiger charge is -2.08. The van der Waals surface area contributed by atoms with E-state index in [0.29, 0.717) is 0 Å². The zero-order valence-electron chi connectivity index (χ0n) is 5.34. The molecule has 0 fully saturated rings. The number of rotatable bonds is 0. The topological polar surface area (TPSA) is 76.2 Å². The molecule has 3 N–H and O–H groups in total. The van der Waals surface area contributed by atoms with Crippen molar-refractivity contribution >= 4 is 21.4 Å². The van der Waals surface area contributed by atoms with Crippen molar-refractivity contribution in [1.82, 2.24) is 0 Å². The molecule has 0 bridgehead atoms. The second-order valence-corrected chi connectivity index (χ2v) is 3.38. The molecule has 1 atom stereocenters. The number of nitrogens with one attached hydrogen (secondary N) is 1. The van der Waals surface area contributed by atoms with E-state index in [4.69, 9.17) is 11.1 Å². The highest BCUT2D eigenvalue weighted by Gasteiger charge is 2.09. The highest BCUT2D eigenvalue weighted by molar-refractivity contribution is 8.40. The van der Waals surface area contributed by atoms with Crippen LogP contribution in [0.1, 0.15) is 0 Å². The number of nitrogens with two attached hydrogens (primary N) is 1. The van der Waals surface area contributed by atoms with Gasteiger partial charge in [0.1, 0.15) is 5.17 Å². The SMILES string of the molecule is COC(=O)[SH](C)C(=N)N. The first-order valence-electron chi connectivity index (χ1n) is 2.25. The molecule has 0 aliphatic heterocycles. The van der Waals surface area contributed by atoms with Crippen molar-refractivity contribution in [3.8, 4) is 0 Å². The fourth-order valence-electron chi connectivity index (χ4n) is 0.235. The van der Waals surface area contributed by atoms with Gasteiger partial charge >= 0.3 is 5.30 Å². The Labute approximate surface area is 56.2 Å². The Morgan fingerprint density at radius 3 is 2.33 bits per heavy atom. The Hall–Kier alpha value is -0.710. The van der Waals surface area contributed by atoms with Gasteiger partial charge in [-0.2, -0.15) is 0 Å². The Balaban J connectivity index is 3.88. The summed E-state index contributed by atoms with van der Waals surface area (Å²) in [6.45, 7) is 0. The largest absolute Gasteiger partial charge is 0.462 e. The normalized spacial score (nSPS) is 14.2. The first kappa shape index (κ1) is 8.29. The molecule has 54 valence electrons. The van der Waals surface area contributed by atoms with Crippen molar-refractivity contribution in [1.29, 1.82) is 5.41 Å². The van der Waals surface area contributed by atoms with E-state index in [2.05, 4.69) is 4.74 Å². The van der Waals surface area contributed by atoms with Crippen LogP contribution < -0.4 is 5.73 Å². The van der Waals surface area contributed by atoms with Crippen molar-refractivity contribution in [3.05, 3.63) is 0 Å².